The van der Waals surface area contributed by atoms with Gasteiger partial charge >= 0.3 is 0 Å². The van der Waals surface area contributed by atoms with E-state index in [1.54, 1.807) is 31.6 Å². The van der Waals surface area contributed by atoms with Crippen LogP contribution in [0.5, 0.6) is 17.4 Å². The summed E-state index contributed by atoms with van der Waals surface area (Å²) in [7, 11) is 1.58. The van der Waals surface area contributed by atoms with Crippen molar-refractivity contribution in [1.82, 2.24) is 9.97 Å². The number of benzene rings is 1. The molecule has 4 rings (SSSR count). The number of fused-ring (bicyclic) bond motifs is 1. The number of aromatic nitrogens is 2. The third-order valence-corrected chi connectivity index (χ3v) is 4.49. The molecule has 3 heterocycles. The maximum absolute atomic E-state index is 11.3. The average molecular weight is 377 g/mol. The summed E-state index contributed by atoms with van der Waals surface area (Å²) >= 11 is 0. The SMILES string of the molecule is COc1ccc(C2COc3cc(Cc4ccnc(C(N)=O)c4)ccc3O2)cn1. The summed E-state index contributed by atoms with van der Waals surface area (Å²) in [6.45, 7) is 0.394. The molecule has 0 fully saturated rings. The second-order valence-corrected chi connectivity index (χ2v) is 6.42. The third kappa shape index (κ3) is 3.73. The number of amides is 1. The molecule has 0 saturated carbocycles. The summed E-state index contributed by atoms with van der Waals surface area (Å²) in [6, 6.07) is 13.1. The monoisotopic (exact) mass is 377 g/mol. The lowest BCUT2D eigenvalue weighted by Crippen LogP contribution is -2.21. The van der Waals surface area contributed by atoms with Crippen LogP contribution in [0, 0.1) is 0 Å². The van der Waals surface area contributed by atoms with Gasteiger partial charge in [0.1, 0.15) is 12.3 Å². The van der Waals surface area contributed by atoms with Crippen molar-refractivity contribution in [3.8, 4) is 17.4 Å². The molecule has 0 bridgehead atoms. The van der Waals surface area contributed by atoms with E-state index in [0.717, 1.165) is 16.7 Å². The Balaban J connectivity index is 1.49. The highest BCUT2D eigenvalue weighted by molar-refractivity contribution is 5.90. The Morgan fingerprint density at radius 1 is 1.14 bits per heavy atom. The standard InChI is InChI=1S/C21H19N3O4/c1-26-20-5-3-15(11-24-20)19-12-27-18-10-13(2-4-17(18)28-19)8-14-6-7-23-16(9-14)21(22)25/h2-7,9-11,19H,8,12H2,1H3,(H2,22,25). The molecule has 28 heavy (non-hydrogen) atoms. The van der Waals surface area contributed by atoms with Gasteiger partial charge in [-0.3, -0.25) is 9.78 Å². The van der Waals surface area contributed by atoms with E-state index in [1.165, 1.54) is 0 Å². The lowest BCUT2D eigenvalue weighted by Gasteiger charge is -2.27. The summed E-state index contributed by atoms with van der Waals surface area (Å²) in [5.41, 5.74) is 8.46. The van der Waals surface area contributed by atoms with Crippen LogP contribution in [0.4, 0.5) is 0 Å². The van der Waals surface area contributed by atoms with Crippen LogP contribution in [0.25, 0.3) is 0 Å². The molecule has 0 saturated heterocycles. The summed E-state index contributed by atoms with van der Waals surface area (Å²) in [4.78, 5) is 19.5. The number of carbonyl (C=O) groups is 1. The first-order valence-corrected chi connectivity index (χ1v) is 8.79. The van der Waals surface area contributed by atoms with Crippen LogP contribution in [-0.4, -0.2) is 29.6 Å². The molecule has 0 spiro atoms. The Kier molecular flexibility index (Phi) is 4.80. The molecular weight excluding hydrogens is 358 g/mol. The zero-order chi connectivity index (χ0) is 19.5. The summed E-state index contributed by atoms with van der Waals surface area (Å²) in [5, 5.41) is 0. The molecule has 1 aliphatic rings. The van der Waals surface area contributed by atoms with Gasteiger partial charge in [-0.25, -0.2) is 4.98 Å². The van der Waals surface area contributed by atoms with Gasteiger partial charge in [-0.1, -0.05) is 6.07 Å². The van der Waals surface area contributed by atoms with Gasteiger partial charge in [0.05, 0.1) is 7.11 Å². The van der Waals surface area contributed by atoms with Gasteiger partial charge < -0.3 is 19.9 Å². The van der Waals surface area contributed by atoms with Crippen molar-refractivity contribution < 1.29 is 19.0 Å². The van der Waals surface area contributed by atoms with Crippen LogP contribution in [0.2, 0.25) is 0 Å². The normalized spacial score (nSPS) is 15.1. The number of pyridine rings is 2. The smallest absolute Gasteiger partial charge is 0.267 e. The minimum absolute atomic E-state index is 0.227. The van der Waals surface area contributed by atoms with E-state index in [2.05, 4.69) is 9.97 Å². The highest BCUT2D eigenvalue weighted by atomic mass is 16.6. The number of primary amides is 1. The molecule has 0 aliphatic carbocycles. The first kappa shape index (κ1) is 17.8. The van der Waals surface area contributed by atoms with Gasteiger partial charge in [-0.2, -0.15) is 0 Å². The lowest BCUT2D eigenvalue weighted by molar-refractivity contribution is 0.0909. The van der Waals surface area contributed by atoms with Gasteiger partial charge in [-0.15, -0.1) is 0 Å². The van der Waals surface area contributed by atoms with Crippen LogP contribution in [-0.2, 0) is 6.42 Å². The molecule has 1 amide bonds. The number of ether oxygens (including phenoxy) is 3. The molecule has 142 valence electrons. The highest BCUT2D eigenvalue weighted by Gasteiger charge is 2.23. The van der Waals surface area contributed by atoms with Crippen molar-refractivity contribution >= 4 is 5.91 Å². The Morgan fingerprint density at radius 2 is 2.00 bits per heavy atom. The second kappa shape index (κ2) is 7.56. The molecule has 7 heteroatoms. The van der Waals surface area contributed by atoms with E-state index in [-0.39, 0.29) is 11.8 Å². The number of carbonyl (C=O) groups excluding carboxylic acids is 1. The molecule has 2 aromatic heterocycles. The van der Waals surface area contributed by atoms with E-state index in [0.29, 0.717) is 30.4 Å². The lowest BCUT2D eigenvalue weighted by atomic mass is 10.0. The molecule has 3 aromatic rings. The van der Waals surface area contributed by atoms with Crippen LogP contribution in [0.3, 0.4) is 0 Å². The van der Waals surface area contributed by atoms with Crippen molar-refractivity contribution in [2.75, 3.05) is 13.7 Å². The minimum Gasteiger partial charge on any atom is -0.485 e. The fraction of sp³-hybridized carbons (Fsp3) is 0.190. The van der Waals surface area contributed by atoms with E-state index in [9.17, 15) is 4.79 Å². The molecule has 1 aromatic carbocycles. The Labute approximate surface area is 162 Å². The van der Waals surface area contributed by atoms with Crippen molar-refractivity contribution in [3.05, 3.63) is 77.2 Å². The first-order valence-electron chi connectivity index (χ1n) is 8.79. The number of rotatable bonds is 5. The van der Waals surface area contributed by atoms with E-state index >= 15 is 0 Å². The van der Waals surface area contributed by atoms with E-state index in [4.69, 9.17) is 19.9 Å². The van der Waals surface area contributed by atoms with Crippen molar-refractivity contribution in [2.24, 2.45) is 5.73 Å². The highest BCUT2D eigenvalue weighted by Crippen LogP contribution is 2.37. The van der Waals surface area contributed by atoms with Gasteiger partial charge in [0, 0.05) is 24.0 Å². The zero-order valence-electron chi connectivity index (χ0n) is 15.3. The molecule has 7 nitrogen and oxygen atoms in total. The maximum atomic E-state index is 11.3. The molecular formula is C21H19N3O4. The van der Waals surface area contributed by atoms with Crippen LogP contribution < -0.4 is 19.9 Å². The Bertz CT molecular complexity index is 1000. The third-order valence-electron chi connectivity index (χ3n) is 4.49. The predicted molar refractivity (Wildman–Crippen MR) is 102 cm³/mol. The van der Waals surface area contributed by atoms with E-state index < -0.39 is 5.91 Å². The minimum atomic E-state index is -0.539. The van der Waals surface area contributed by atoms with Gasteiger partial charge in [0.25, 0.3) is 5.91 Å². The number of hydrogen-bond acceptors (Lipinski definition) is 6. The van der Waals surface area contributed by atoms with Crippen LogP contribution in [0.15, 0.2) is 54.9 Å². The summed E-state index contributed by atoms with van der Waals surface area (Å²) < 4.78 is 17.1. The van der Waals surface area contributed by atoms with Crippen molar-refractivity contribution in [3.63, 3.8) is 0 Å². The predicted octanol–water partition coefficient (Wildman–Crippen LogP) is 2.69. The quantitative estimate of drug-likeness (QED) is 0.734. The van der Waals surface area contributed by atoms with Gasteiger partial charge in [-0.05, 0) is 47.9 Å². The summed E-state index contributed by atoms with van der Waals surface area (Å²) in [5.74, 6) is 1.40. The number of hydrogen-bond donors (Lipinski definition) is 1. The van der Waals surface area contributed by atoms with Gasteiger partial charge in [0.15, 0.2) is 17.6 Å². The molecule has 1 unspecified atom stereocenters. The average Bonchev–Trinajstić information content (AvgIpc) is 2.73. The van der Waals surface area contributed by atoms with Gasteiger partial charge in [0.2, 0.25) is 5.88 Å². The van der Waals surface area contributed by atoms with Crippen molar-refractivity contribution in [1.29, 1.82) is 0 Å². The fourth-order valence-corrected chi connectivity index (χ4v) is 3.05. The molecule has 1 aliphatic heterocycles. The van der Waals surface area contributed by atoms with Crippen LogP contribution >= 0.6 is 0 Å². The number of nitrogens with zero attached hydrogens (tertiary/aromatic N) is 2. The zero-order valence-corrected chi connectivity index (χ0v) is 15.3. The summed E-state index contributed by atoms with van der Waals surface area (Å²) in [6.07, 6.45) is 3.72. The van der Waals surface area contributed by atoms with Crippen LogP contribution in [0.1, 0.15) is 33.3 Å². The largest absolute Gasteiger partial charge is 0.485 e. The Hall–Kier alpha value is -3.61. The number of nitrogens with two attached hydrogens (primary N) is 1. The number of methoxy groups -OCH3 is 1. The maximum Gasteiger partial charge on any atom is 0.267 e. The molecule has 2 N–H and O–H groups in total. The first-order chi connectivity index (χ1) is 13.6. The molecule has 1 atom stereocenters. The van der Waals surface area contributed by atoms with E-state index in [1.807, 2.05) is 30.3 Å². The molecule has 0 radical (unpaired) electrons. The van der Waals surface area contributed by atoms with Crippen molar-refractivity contribution in [2.45, 2.75) is 12.5 Å². The Morgan fingerprint density at radius 3 is 2.75 bits per heavy atom. The second-order valence-electron chi connectivity index (χ2n) is 6.42. The fourth-order valence-electron chi connectivity index (χ4n) is 3.05. The topological polar surface area (TPSA) is 96.6 Å².